The maximum Gasteiger partial charge on any atom is 0.228 e. The van der Waals surface area contributed by atoms with E-state index >= 15 is 0 Å². The third kappa shape index (κ3) is 4.11. The van der Waals surface area contributed by atoms with E-state index < -0.39 is 0 Å². The standard InChI is InChI=1S/C23H28N4O3/c1-29-20-11-10-16(13-21(20)30-2)14-24-22-18-8-3-4-9-19(18)25-23(26-22)27-12-6-5-7-17(27)15-28/h3-4,8-11,13,17,28H,5-7,12,14-15H2,1-2H3,(H,24,25,26). The fourth-order valence-electron chi connectivity index (χ4n) is 3.96. The fourth-order valence-corrected chi connectivity index (χ4v) is 3.96. The number of aromatic nitrogens is 2. The summed E-state index contributed by atoms with van der Waals surface area (Å²) >= 11 is 0. The zero-order valence-corrected chi connectivity index (χ0v) is 17.5. The van der Waals surface area contributed by atoms with Gasteiger partial charge in [-0.25, -0.2) is 4.98 Å². The number of methoxy groups -OCH3 is 2. The van der Waals surface area contributed by atoms with Gasteiger partial charge in [-0.3, -0.25) is 0 Å². The highest BCUT2D eigenvalue weighted by Gasteiger charge is 2.25. The number of aliphatic hydroxyl groups excluding tert-OH is 1. The second-order valence-corrected chi connectivity index (χ2v) is 7.46. The minimum atomic E-state index is 0.0682. The Morgan fingerprint density at radius 3 is 2.70 bits per heavy atom. The smallest absolute Gasteiger partial charge is 0.228 e. The zero-order valence-electron chi connectivity index (χ0n) is 17.5. The number of piperidine rings is 1. The molecule has 0 spiro atoms. The van der Waals surface area contributed by atoms with Crippen molar-refractivity contribution >= 4 is 22.7 Å². The number of nitrogens with zero attached hydrogens (tertiary/aromatic N) is 3. The van der Waals surface area contributed by atoms with Gasteiger partial charge in [-0.15, -0.1) is 0 Å². The summed E-state index contributed by atoms with van der Waals surface area (Å²) in [5.74, 6) is 2.86. The second-order valence-electron chi connectivity index (χ2n) is 7.46. The summed E-state index contributed by atoms with van der Waals surface area (Å²) < 4.78 is 10.7. The number of aliphatic hydroxyl groups is 1. The summed E-state index contributed by atoms with van der Waals surface area (Å²) in [6.45, 7) is 1.56. The Bertz CT molecular complexity index is 1010. The van der Waals surface area contributed by atoms with Gasteiger partial charge in [0.25, 0.3) is 0 Å². The van der Waals surface area contributed by atoms with Crippen molar-refractivity contribution in [3.63, 3.8) is 0 Å². The molecule has 1 saturated heterocycles. The Kier molecular flexibility index (Phi) is 6.18. The Labute approximate surface area is 176 Å². The lowest BCUT2D eigenvalue weighted by Gasteiger charge is -2.34. The molecule has 0 amide bonds. The SMILES string of the molecule is COc1ccc(CNc2nc(N3CCCCC3CO)nc3ccccc23)cc1OC. The van der Waals surface area contributed by atoms with Crippen LogP contribution >= 0.6 is 0 Å². The molecule has 1 aliphatic rings. The Hall–Kier alpha value is -3.06. The van der Waals surface area contributed by atoms with E-state index in [1.807, 2.05) is 42.5 Å². The molecule has 2 aromatic carbocycles. The molecule has 1 fully saturated rings. The first kappa shape index (κ1) is 20.2. The lowest BCUT2D eigenvalue weighted by molar-refractivity contribution is 0.239. The maximum absolute atomic E-state index is 9.81. The van der Waals surface area contributed by atoms with Crippen molar-refractivity contribution in [2.45, 2.75) is 31.8 Å². The monoisotopic (exact) mass is 408 g/mol. The topological polar surface area (TPSA) is 79.7 Å². The van der Waals surface area contributed by atoms with E-state index in [0.717, 1.165) is 48.1 Å². The van der Waals surface area contributed by atoms with Gasteiger partial charge in [0.1, 0.15) is 5.82 Å². The van der Waals surface area contributed by atoms with Crippen molar-refractivity contribution in [1.82, 2.24) is 9.97 Å². The van der Waals surface area contributed by atoms with Crippen molar-refractivity contribution in [3.8, 4) is 11.5 Å². The number of rotatable bonds is 7. The number of hydrogen-bond acceptors (Lipinski definition) is 7. The van der Waals surface area contributed by atoms with Crippen LogP contribution in [0.3, 0.4) is 0 Å². The minimum absolute atomic E-state index is 0.0682. The summed E-state index contributed by atoms with van der Waals surface area (Å²) in [6, 6.07) is 13.9. The Morgan fingerprint density at radius 2 is 1.90 bits per heavy atom. The Balaban J connectivity index is 1.64. The molecular weight excluding hydrogens is 380 g/mol. The quantitative estimate of drug-likeness (QED) is 0.618. The van der Waals surface area contributed by atoms with Crippen molar-refractivity contribution in [3.05, 3.63) is 48.0 Å². The molecule has 2 N–H and O–H groups in total. The Morgan fingerprint density at radius 1 is 1.07 bits per heavy atom. The molecule has 1 unspecified atom stereocenters. The van der Waals surface area contributed by atoms with Crippen LogP contribution in [0, 0.1) is 0 Å². The average molecular weight is 409 g/mol. The highest BCUT2D eigenvalue weighted by molar-refractivity contribution is 5.90. The van der Waals surface area contributed by atoms with Gasteiger partial charge in [0.15, 0.2) is 11.5 Å². The summed E-state index contributed by atoms with van der Waals surface area (Å²) in [4.78, 5) is 11.8. The first-order chi connectivity index (χ1) is 14.7. The van der Waals surface area contributed by atoms with E-state index in [0.29, 0.717) is 24.0 Å². The van der Waals surface area contributed by atoms with Crippen molar-refractivity contribution < 1.29 is 14.6 Å². The van der Waals surface area contributed by atoms with E-state index in [-0.39, 0.29) is 12.6 Å². The molecule has 0 radical (unpaired) electrons. The van der Waals surface area contributed by atoms with Crippen LogP contribution in [0.15, 0.2) is 42.5 Å². The highest BCUT2D eigenvalue weighted by atomic mass is 16.5. The van der Waals surface area contributed by atoms with Crippen molar-refractivity contribution in [2.75, 3.05) is 37.6 Å². The first-order valence-corrected chi connectivity index (χ1v) is 10.3. The second kappa shape index (κ2) is 9.17. The molecule has 0 aliphatic carbocycles. The van der Waals surface area contributed by atoms with E-state index in [1.165, 1.54) is 0 Å². The molecule has 7 nitrogen and oxygen atoms in total. The third-order valence-electron chi connectivity index (χ3n) is 5.59. The largest absolute Gasteiger partial charge is 0.493 e. The maximum atomic E-state index is 9.81. The molecule has 3 aromatic rings. The van der Waals surface area contributed by atoms with E-state index in [2.05, 4.69) is 10.2 Å². The van der Waals surface area contributed by atoms with E-state index in [9.17, 15) is 5.11 Å². The number of nitrogens with one attached hydrogen (secondary N) is 1. The first-order valence-electron chi connectivity index (χ1n) is 10.3. The van der Waals surface area contributed by atoms with Crippen LogP contribution in [0.2, 0.25) is 0 Å². The third-order valence-corrected chi connectivity index (χ3v) is 5.59. The summed E-state index contributed by atoms with van der Waals surface area (Å²) in [5.41, 5.74) is 1.95. The average Bonchev–Trinajstić information content (AvgIpc) is 2.82. The van der Waals surface area contributed by atoms with Gasteiger partial charge in [-0.1, -0.05) is 18.2 Å². The van der Waals surface area contributed by atoms with Crippen LogP contribution in [-0.2, 0) is 6.54 Å². The van der Waals surface area contributed by atoms with Gasteiger partial charge >= 0.3 is 0 Å². The van der Waals surface area contributed by atoms with Crippen LogP contribution < -0.4 is 19.7 Å². The molecule has 158 valence electrons. The zero-order chi connectivity index (χ0) is 20.9. The molecule has 1 aliphatic heterocycles. The lowest BCUT2D eigenvalue weighted by Crippen LogP contribution is -2.43. The summed E-state index contributed by atoms with van der Waals surface area (Å²) in [5, 5.41) is 14.3. The molecule has 0 bridgehead atoms. The fraction of sp³-hybridized carbons (Fsp3) is 0.391. The number of hydrogen-bond donors (Lipinski definition) is 2. The van der Waals surface area contributed by atoms with E-state index in [4.69, 9.17) is 19.4 Å². The number of ether oxygens (including phenoxy) is 2. The van der Waals surface area contributed by atoms with Crippen molar-refractivity contribution in [1.29, 1.82) is 0 Å². The number of para-hydroxylation sites is 1. The number of benzene rings is 2. The molecule has 30 heavy (non-hydrogen) atoms. The van der Waals surface area contributed by atoms with Gasteiger partial charge in [0.2, 0.25) is 5.95 Å². The minimum Gasteiger partial charge on any atom is -0.493 e. The molecule has 1 atom stereocenters. The van der Waals surface area contributed by atoms with Crippen LogP contribution in [0.4, 0.5) is 11.8 Å². The predicted molar refractivity (Wildman–Crippen MR) is 118 cm³/mol. The van der Waals surface area contributed by atoms with Gasteiger partial charge in [0.05, 0.1) is 32.4 Å². The van der Waals surface area contributed by atoms with Gasteiger partial charge in [-0.05, 0) is 49.1 Å². The van der Waals surface area contributed by atoms with Crippen LogP contribution in [0.5, 0.6) is 11.5 Å². The number of anilines is 2. The van der Waals surface area contributed by atoms with Crippen LogP contribution in [-0.4, -0.2) is 48.5 Å². The van der Waals surface area contributed by atoms with Gasteiger partial charge < -0.3 is 24.8 Å². The van der Waals surface area contributed by atoms with E-state index in [1.54, 1.807) is 14.2 Å². The summed E-state index contributed by atoms with van der Waals surface area (Å²) in [7, 11) is 3.26. The van der Waals surface area contributed by atoms with Gasteiger partial charge in [0, 0.05) is 18.5 Å². The highest BCUT2D eigenvalue weighted by Crippen LogP contribution is 2.30. The normalized spacial score (nSPS) is 16.5. The van der Waals surface area contributed by atoms with Crippen molar-refractivity contribution in [2.24, 2.45) is 0 Å². The lowest BCUT2D eigenvalue weighted by atomic mass is 10.0. The molecule has 0 saturated carbocycles. The molecular formula is C23H28N4O3. The summed E-state index contributed by atoms with van der Waals surface area (Å²) in [6.07, 6.45) is 3.17. The molecule has 2 heterocycles. The molecule has 7 heteroatoms. The van der Waals surface area contributed by atoms with Crippen LogP contribution in [0.1, 0.15) is 24.8 Å². The van der Waals surface area contributed by atoms with Gasteiger partial charge in [-0.2, -0.15) is 4.98 Å². The molecule has 1 aromatic heterocycles. The molecule has 4 rings (SSSR count). The predicted octanol–water partition coefficient (Wildman–Crippen LogP) is 3.61. The van der Waals surface area contributed by atoms with Crippen LogP contribution in [0.25, 0.3) is 10.9 Å². The number of fused-ring (bicyclic) bond motifs is 1.